The Bertz CT molecular complexity index is 1180. The number of fused-ring (bicyclic) bond motifs is 5. The Morgan fingerprint density at radius 3 is 2.52 bits per heavy atom. The third kappa shape index (κ3) is 5.12. The highest BCUT2D eigenvalue weighted by molar-refractivity contribution is 7.92. The van der Waals surface area contributed by atoms with Gasteiger partial charge in [0.05, 0.1) is 6.10 Å². The minimum atomic E-state index is -3.86. The van der Waals surface area contributed by atoms with Crippen LogP contribution in [-0.2, 0) is 10.0 Å². The highest BCUT2D eigenvalue weighted by atomic mass is 32.2. The first kappa shape index (κ1) is 30.2. The fourth-order valence-electron chi connectivity index (χ4n) is 10.1. The molecule has 10 atom stereocenters. The average Bonchev–Trinajstić information content (AvgIpc) is 3.54. The molecule has 10 heteroatoms. The number of carbonyl (C=O) groups is 1. The summed E-state index contributed by atoms with van der Waals surface area (Å²) in [6, 6.07) is 2.38. The predicted octanol–water partition coefficient (Wildman–Crippen LogP) is 6.66. The number of nitrogens with one attached hydrogen (secondary N) is 2. The highest BCUT2D eigenvalue weighted by Gasteiger charge is 2.66. The average molecular weight is 601 g/mol. The summed E-state index contributed by atoms with van der Waals surface area (Å²) in [7, 11) is -3.86. The van der Waals surface area contributed by atoms with Crippen molar-refractivity contribution >= 4 is 27.4 Å². The van der Waals surface area contributed by atoms with Crippen LogP contribution in [0.2, 0.25) is 0 Å². The molecule has 2 amide bonds. The largest absolute Gasteiger partial charge is 0.393 e. The van der Waals surface area contributed by atoms with E-state index in [0.717, 1.165) is 49.9 Å². The summed E-state index contributed by atoms with van der Waals surface area (Å²) >= 11 is 1.06. The Morgan fingerprint density at radius 1 is 1.12 bits per heavy atom. The molecule has 3 N–H and O–H groups in total. The highest BCUT2D eigenvalue weighted by Crippen LogP contribution is 2.70. The van der Waals surface area contributed by atoms with Gasteiger partial charge in [0.25, 0.3) is 10.0 Å². The number of hydrogen-bond donors (Lipinski definition) is 3. The van der Waals surface area contributed by atoms with Crippen LogP contribution in [0.15, 0.2) is 21.7 Å². The van der Waals surface area contributed by atoms with Gasteiger partial charge in [-0.2, -0.15) is 0 Å². The lowest BCUT2D eigenvalue weighted by atomic mass is 9.41. The zero-order valence-electron chi connectivity index (χ0n) is 24.2. The predicted molar refractivity (Wildman–Crippen MR) is 153 cm³/mol. The van der Waals surface area contributed by atoms with Crippen molar-refractivity contribution in [3.63, 3.8) is 0 Å². The molecule has 40 heavy (non-hydrogen) atoms. The molecule has 0 aromatic carbocycles. The van der Waals surface area contributed by atoms with Crippen molar-refractivity contribution < 1.29 is 27.1 Å². The molecule has 5 rings (SSSR count). The smallest absolute Gasteiger partial charge is 0.328 e. The number of aliphatic hydroxyl groups is 1. The Balaban J connectivity index is 1.24. The van der Waals surface area contributed by atoms with E-state index >= 15 is 0 Å². The van der Waals surface area contributed by atoms with Crippen LogP contribution in [-0.4, -0.2) is 38.1 Å². The number of hydrogen-bond acceptors (Lipinski definition) is 5. The summed E-state index contributed by atoms with van der Waals surface area (Å²) < 4.78 is 56.0. The summed E-state index contributed by atoms with van der Waals surface area (Å²) in [5.41, 5.74) is -0.0789. The molecule has 4 aliphatic carbocycles. The summed E-state index contributed by atoms with van der Waals surface area (Å²) in [5.74, 6) is -1.26. The number of urea groups is 1. The van der Waals surface area contributed by atoms with E-state index in [1.807, 2.05) is 0 Å². The number of aliphatic hydroxyl groups excluding tert-OH is 1. The van der Waals surface area contributed by atoms with Crippen molar-refractivity contribution in [1.29, 1.82) is 0 Å². The SMILES string of the molecule is CC[C@H]1[C@@H](O)[C@@H]2[C@H](CC[C@]3(C)[C@@H]([C@H](C)CCNC(=O)NS(=O)(=O)c4cccs4)CC[C@@H]23)[C@@]2(C)CCC(F)(F)C[C@@H]12. The van der Waals surface area contributed by atoms with Crippen LogP contribution in [0.25, 0.3) is 0 Å². The van der Waals surface area contributed by atoms with Gasteiger partial charge in [0, 0.05) is 19.4 Å². The van der Waals surface area contributed by atoms with Crippen molar-refractivity contribution in [3.05, 3.63) is 17.5 Å². The van der Waals surface area contributed by atoms with Gasteiger partial charge < -0.3 is 10.4 Å². The molecule has 1 aromatic rings. The Kier molecular flexibility index (Phi) is 8.14. The molecule has 1 aromatic heterocycles. The quantitative estimate of drug-likeness (QED) is 0.326. The number of alkyl halides is 2. The van der Waals surface area contributed by atoms with Crippen LogP contribution in [0.4, 0.5) is 13.6 Å². The van der Waals surface area contributed by atoms with Crippen molar-refractivity contribution in [2.24, 2.45) is 52.3 Å². The molecular formula is C30H46F2N2O4S2. The van der Waals surface area contributed by atoms with Crippen LogP contribution >= 0.6 is 11.3 Å². The lowest BCUT2D eigenvalue weighted by Crippen LogP contribution is -2.62. The number of carbonyl (C=O) groups excluding carboxylic acids is 1. The summed E-state index contributed by atoms with van der Waals surface area (Å²) in [6.45, 7) is 9.29. The number of sulfonamides is 1. The Morgan fingerprint density at radius 2 is 1.85 bits per heavy atom. The van der Waals surface area contributed by atoms with Gasteiger partial charge in [-0.25, -0.2) is 26.7 Å². The van der Waals surface area contributed by atoms with Gasteiger partial charge in [-0.05, 0) is 102 Å². The Hall–Kier alpha value is -1.26. The second-order valence-corrected chi connectivity index (χ2v) is 16.7. The molecule has 0 aliphatic heterocycles. The van der Waals surface area contributed by atoms with Crippen LogP contribution < -0.4 is 10.0 Å². The van der Waals surface area contributed by atoms with E-state index in [9.17, 15) is 27.1 Å². The van der Waals surface area contributed by atoms with E-state index in [0.29, 0.717) is 30.7 Å². The molecule has 0 saturated heterocycles. The molecule has 226 valence electrons. The maximum Gasteiger partial charge on any atom is 0.328 e. The molecule has 4 fully saturated rings. The van der Waals surface area contributed by atoms with Gasteiger partial charge in [0.1, 0.15) is 4.21 Å². The maximum absolute atomic E-state index is 14.6. The lowest BCUT2D eigenvalue weighted by Gasteiger charge is -2.65. The van der Waals surface area contributed by atoms with Crippen molar-refractivity contribution in [1.82, 2.24) is 10.0 Å². The van der Waals surface area contributed by atoms with E-state index in [1.165, 1.54) is 6.07 Å². The third-order valence-corrected chi connectivity index (χ3v) is 14.8. The van der Waals surface area contributed by atoms with Gasteiger partial charge in [-0.1, -0.05) is 40.2 Å². The molecule has 0 unspecified atom stereocenters. The normalized spacial score (nSPS) is 41.3. The number of amides is 2. The number of thiophene rings is 1. The van der Waals surface area contributed by atoms with Crippen LogP contribution in [0.3, 0.4) is 0 Å². The van der Waals surface area contributed by atoms with Crippen molar-refractivity contribution in [2.45, 2.75) is 102 Å². The third-order valence-electron chi connectivity index (χ3n) is 12.0. The molecule has 0 spiro atoms. The molecule has 6 nitrogen and oxygen atoms in total. The molecular weight excluding hydrogens is 554 g/mol. The van der Waals surface area contributed by atoms with Crippen LogP contribution in [0, 0.1) is 52.3 Å². The monoisotopic (exact) mass is 600 g/mol. The fourth-order valence-corrected chi connectivity index (χ4v) is 12.0. The second-order valence-electron chi connectivity index (χ2n) is 13.8. The lowest BCUT2D eigenvalue weighted by molar-refractivity contribution is -0.222. The van der Waals surface area contributed by atoms with E-state index in [1.54, 1.807) is 11.4 Å². The summed E-state index contributed by atoms with van der Waals surface area (Å²) in [4.78, 5) is 12.3. The standard InChI is InChI=1S/C30H46F2N2O4S2/c1-5-19-23-17-30(31,32)14-13-29(23,4)22-10-12-28(3)20(8-9-21(28)25(22)26(19)35)18(2)11-15-33-27(36)34-40(37,38)24-7-6-16-39-24/h6-7,16,18-23,25-26,35H,5,8-15,17H2,1-4H3,(H2,33,34,36)/t18-,19-,20-,21+,22+,23+,25+,26-,28-,29-/m1/s1. The Labute approximate surface area is 242 Å². The minimum absolute atomic E-state index is 0.0352. The molecule has 0 radical (unpaired) electrons. The van der Waals surface area contributed by atoms with Gasteiger partial charge in [-0.3, -0.25) is 0 Å². The molecule has 4 saturated carbocycles. The van der Waals surface area contributed by atoms with E-state index in [2.05, 4.69) is 37.7 Å². The maximum atomic E-state index is 14.6. The summed E-state index contributed by atoms with van der Waals surface area (Å²) in [5, 5.41) is 16.2. The minimum Gasteiger partial charge on any atom is -0.393 e. The first-order valence-corrected chi connectivity index (χ1v) is 17.5. The molecule has 1 heterocycles. The van der Waals surface area contributed by atoms with Crippen molar-refractivity contribution in [3.8, 4) is 0 Å². The van der Waals surface area contributed by atoms with Crippen LogP contribution in [0.1, 0.15) is 85.5 Å². The first-order valence-electron chi connectivity index (χ1n) is 15.1. The van der Waals surface area contributed by atoms with E-state index in [-0.39, 0.29) is 51.6 Å². The second kappa shape index (κ2) is 10.8. The fraction of sp³-hybridized carbons (Fsp3) is 0.833. The van der Waals surface area contributed by atoms with E-state index < -0.39 is 28.1 Å². The zero-order chi connectivity index (χ0) is 29.1. The van der Waals surface area contributed by atoms with Gasteiger partial charge >= 0.3 is 6.03 Å². The van der Waals surface area contributed by atoms with Gasteiger partial charge in [0.2, 0.25) is 5.92 Å². The van der Waals surface area contributed by atoms with Gasteiger partial charge in [-0.15, -0.1) is 11.3 Å². The number of rotatable bonds is 7. The van der Waals surface area contributed by atoms with Gasteiger partial charge in [0.15, 0.2) is 0 Å². The van der Waals surface area contributed by atoms with E-state index in [4.69, 9.17) is 0 Å². The topological polar surface area (TPSA) is 95.5 Å². The van der Waals surface area contributed by atoms with Crippen molar-refractivity contribution in [2.75, 3.05) is 6.54 Å². The number of halogens is 2. The summed E-state index contributed by atoms with van der Waals surface area (Å²) in [6.07, 6.45) is 5.51. The molecule has 4 aliphatic rings. The first-order chi connectivity index (χ1) is 18.7. The molecule has 0 bridgehead atoms. The van der Waals surface area contributed by atoms with Crippen LogP contribution in [0.5, 0.6) is 0 Å². The zero-order valence-corrected chi connectivity index (χ0v) is 25.8.